The molecule has 5 N–H and O–H groups in total. The van der Waals surface area contributed by atoms with E-state index in [1.807, 2.05) is 17.2 Å². The Labute approximate surface area is 247 Å². The van der Waals surface area contributed by atoms with Crippen molar-refractivity contribution < 1.29 is 19.4 Å². The zero-order valence-electron chi connectivity index (χ0n) is 24.8. The van der Waals surface area contributed by atoms with Crippen LogP contribution in [0, 0.1) is 5.92 Å². The van der Waals surface area contributed by atoms with E-state index < -0.39 is 6.10 Å². The summed E-state index contributed by atoms with van der Waals surface area (Å²) in [5, 5.41) is 29.1. The van der Waals surface area contributed by atoms with Gasteiger partial charge < -0.3 is 25.0 Å². The highest BCUT2D eigenvalue weighted by atomic mass is 16.5. The van der Waals surface area contributed by atoms with Crippen LogP contribution in [0.1, 0.15) is 44.2 Å². The third-order valence-electron chi connectivity index (χ3n) is 9.74. The number of carbonyl (C=O) groups is 2. The summed E-state index contributed by atoms with van der Waals surface area (Å²) in [5.74, 6) is -0.317. The highest BCUT2D eigenvalue weighted by Gasteiger charge is 2.53. The zero-order valence-corrected chi connectivity index (χ0v) is 24.8. The summed E-state index contributed by atoms with van der Waals surface area (Å²) in [6, 6.07) is 6.65. The van der Waals surface area contributed by atoms with Gasteiger partial charge in [0.05, 0.1) is 37.0 Å². The number of ether oxygens (including phenoxy) is 1. The predicted octanol–water partition coefficient (Wildman–Crippen LogP) is -0.117. The van der Waals surface area contributed by atoms with E-state index in [1.165, 1.54) is 11.1 Å². The number of morpholine rings is 1. The van der Waals surface area contributed by atoms with Crippen molar-refractivity contribution in [3.8, 4) is 0 Å². The standard InChI is InChI=1S/C30H44N8O4/c1-30(2)17-35(3)14-18-12-19(7-8-22(18)30)32-29-31-13-21-26(34-29)38-24-10-9-23-27(33-24)36(25(40)16-42-23)15-20(39)6-4-5-11-37(38)28(21)41/h4-5,7-8,12,20-21,23-24,26-27,29,31-34,39H,6,9-11,13-17H2,1-3H3/b5-4-. The number of hydrazine groups is 1. The third kappa shape index (κ3) is 5.02. The number of likely N-dealkylation sites (N-methyl/N-ethyl adjacent to an activating group) is 1. The molecule has 0 spiro atoms. The number of benzene rings is 1. The molecular weight excluding hydrogens is 536 g/mol. The first-order valence-electron chi connectivity index (χ1n) is 15.4. The minimum Gasteiger partial charge on any atom is -0.391 e. The molecule has 4 saturated heterocycles. The van der Waals surface area contributed by atoms with Gasteiger partial charge in [-0.1, -0.05) is 32.1 Å². The topological polar surface area (TPSA) is 125 Å². The summed E-state index contributed by atoms with van der Waals surface area (Å²) in [6.45, 7) is 7.81. The highest BCUT2D eigenvalue weighted by molar-refractivity contribution is 5.82. The fraction of sp³-hybridized carbons (Fsp3) is 0.667. The average molecular weight is 581 g/mol. The number of hydrogen-bond donors (Lipinski definition) is 5. The van der Waals surface area contributed by atoms with E-state index in [1.54, 1.807) is 4.90 Å². The van der Waals surface area contributed by atoms with Crippen LogP contribution >= 0.6 is 0 Å². The second-order valence-electron chi connectivity index (χ2n) is 13.4. The van der Waals surface area contributed by atoms with Gasteiger partial charge in [0.1, 0.15) is 19.1 Å². The molecule has 1 aromatic carbocycles. The maximum Gasteiger partial charge on any atom is 0.250 e. The first kappa shape index (κ1) is 28.2. The molecule has 12 nitrogen and oxygen atoms in total. The molecule has 6 aliphatic heterocycles. The Hall–Kier alpha value is -2.58. The van der Waals surface area contributed by atoms with Crippen molar-refractivity contribution in [2.45, 2.75) is 82.1 Å². The minimum absolute atomic E-state index is 0.0339. The lowest BCUT2D eigenvalue weighted by atomic mass is 9.78. The number of nitrogens with zero attached hydrogens (tertiary/aromatic N) is 4. The molecule has 2 amide bonds. The predicted molar refractivity (Wildman–Crippen MR) is 156 cm³/mol. The molecule has 7 rings (SSSR count). The van der Waals surface area contributed by atoms with E-state index in [2.05, 4.69) is 70.3 Å². The molecule has 1 aromatic rings. The lowest BCUT2D eigenvalue weighted by molar-refractivity contribution is -0.178. The molecule has 0 aliphatic carbocycles. The van der Waals surface area contributed by atoms with Gasteiger partial charge in [0.2, 0.25) is 11.8 Å². The molecule has 2 bridgehead atoms. The van der Waals surface area contributed by atoms with Crippen LogP contribution in [0.3, 0.4) is 0 Å². The number of hydrogen-bond acceptors (Lipinski definition) is 10. The number of nitrogens with one attached hydrogen (secondary N) is 4. The molecule has 228 valence electrons. The van der Waals surface area contributed by atoms with Crippen LogP contribution in [0.25, 0.3) is 0 Å². The van der Waals surface area contributed by atoms with Gasteiger partial charge in [0.25, 0.3) is 0 Å². The molecule has 7 atom stereocenters. The second-order valence-corrected chi connectivity index (χ2v) is 13.4. The number of aliphatic hydroxyl groups is 1. The molecule has 6 heterocycles. The van der Waals surface area contributed by atoms with E-state index in [0.29, 0.717) is 19.5 Å². The van der Waals surface area contributed by atoms with Crippen molar-refractivity contribution in [1.29, 1.82) is 0 Å². The minimum atomic E-state index is -0.675. The van der Waals surface area contributed by atoms with Gasteiger partial charge in [-0.15, -0.1) is 0 Å². The quantitative estimate of drug-likeness (QED) is 0.303. The molecule has 0 saturated carbocycles. The van der Waals surface area contributed by atoms with Gasteiger partial charge in [-0.3, -0.25) is 30.5 Å². The Morgan fingerprint density at radius 2 is 1.98 bits per heavy atom. The van der Waals surface area contributed by atoms with Crippen LogP contribution in [-0.4, -0.2) is 114 Å². The van der Waals surface area contributed by atoms with E-state index in [9.17, 15) is 14.7 Å². The molecule has 12 heteroatoms. The van der Waals surface area contributed by atoms with Gasteiger partial charge in [0, 0.05) is 37.3 Å². The second kappa shape index (κ2) is 10.8. The largest absolute Gasteiger partial charge is 0.391 e. The first-order valence-corrected chi connectivity index (χ1v) is 15.4. The van der Waals surface area contributed by atoms with Crippen molar-refractivity contribution in [2.75, 3.05) is 45.2 Å². The zero-order chi connectivity index (χ0) is 29.2. The van der Waals surface area contributed by atoms with Gasteiger partial charge >= 0.3 is 0 Å². The smallest absolute Gasteiger partial charge is 0.250 e. The number of rotatable bonds is 2. The number of aliphatic hydroxyl groups excluding tert-OH is 1. The van der Waals surface area contributed by atoms with E-state index in [-0.39, 0.29) is 67.2 Å². The molecular formula is C30H44N8O4. The maximum atomic E-state index is 13.8. The van der Waals surface area contributed by atoms with Crippen LogP contribution < -0.4 is 21.3 Å². The summed E-state index contributed by atoms with van der Waals surface area (Å²) >= 11 is 0. The Kier molecular flexibility index (Phi) is 7.29. The fourth-order valence-electron chi connectivity index (χ4n) is 7.93. The third-order valence-corrected chi connectivity index (χ3v) is 9.74. The number of carbonyl (C=O) groups excluding carboxylic acids is 2. The average Bonchev–Trinajstić information content (AvgIpc) is 3.21. The molecule has 0 radical (unpaired) electrons. The Balaban J connectivity index is 1.14. The van der Waals surface area contributed by atoms with Gasteiger partial charge in [-0.05, 0) is 49.6 Å². The highest BCUT2D eigenvalue weighted by Crippen LogP contribution is 2.36. The summed E-state index contributed by atoms with van der Waals surface area (Å²) in [7, 11) is 2.17. The monoisotopic (exact) mass is 580 g/mol. The van der Waals surface area contributed by atoms with Crippen LogP contribution in [0.5, 0.6) is 0 Å². The number of fused-ring (bicyclic) bond motifs is 6. The summed E-state index contributed by atoms with van der Waals surface area (Å²) in [6.07, 6.45) is 3.99. The Morgan fingerprint density at radius 1 is 1.12 bits per heavy atom. The molecule has 0 aromatic heterocycles. The van der Waals surface area contributed by atoms with E-state index >= 15 is 0 Å². The Morgan fingerprint density at radius 3 is 2.83 bits per heavy atom. The van der Waals surface area contributed by atoms with Crippen molar-refractivity contribution in [3.05, 3.63) is 41.5 Å². The van der Waals surface area contributed by atoms with E-state index in [0.717, 1.165) is 31.6 Å². The summed E-state index contributed by atoms with van der Waals surface area (Å²) in [4.78, 5) is 30.7. The number of piperidine rings is 1. The lowest BCUT2D eigenvalue weighted by Gasteiger charge is -2.51. The SMILES string of the molecule is CN1Cc2cc(NC3NCC4C(=O)N5C/C=C\CC(O)CN6C(=O)COC7CCC(NC76)N5C4N3)ccc2C(C)(C)C1. The first-order chi connectivity index (χ1) is 20.2. The van der Waals surface area contributed by atoms with Crippen molar-refractivity contribution in [3.63, 3.8) is 0 Å². The lowest BCUT2D eigenvalue weighted by Crippen LogP contribution is -2.72. The number of amides is 2. The summed E-state index contributed by atoms with van der Waals surface area (Å²) in [5.41, 5.74) is 3.87. The van der Waals surface area contributed by atoms with Crippen LogP contribution in [0.4, 0.5) is 5.69 Å². The van der Waals surface area contributed by atoms with Crippen molar-refractivity contribution >= 4 is 17.5 Å². The van der Waals surface area contributed by atoms with Gasteiger partial charge in [0.15, 0.2) is 0 Å². The van der Waals surface area contributed by atoms with Gasteiger partial charge in [-0.25, -0.2) is 0 Å². The molecule has 6 aliphatic rings. The van der Waals surface area contributed by atoms with Crippen LogP contribution in [0.2, 0.25) is 0 Å². The molecule has 4 fully saturated rings. The van der Waals surface area contributed by atoms with Crippen LogP contribution in [0.15, 0.2) is 30.4 Å². The molecule has 7 unspecified atom stereocenters. The maximum absolute atomic E-state index is 13.8. The normalized spacial score (nSPS) is 37.7. The van der Waals surface area contributed by atoms with Gasteiger partial charge in [-0.2, -0.15) is 5.01 Å². The van der Waals surface area contributed by atoms with Crippen LogP contribution in [-0.2, 0) is 26.3 Å². The van der Waals surface area contributed by atoms with Crippen molar-refractivity contribution in [1.82, 2.24) is 35.8 Å². The van der Waals surface area contributed by atoms with Crippen molar-refractivity contribution in [2.24, 2.45) is 5.92 Å². The molecule has 42 heavy (non-hydrogen) atoms. The Bertz CT molecular complexity index is 1260. The number of anilines is 1. The fourth-order valence-corrected chi connectivity index (χ4v) is 7.93. The summed E-state index contributed by atoms with van der Waals surface area (Å²) < 4.78 is 5.90. The van der Waals surface area contributed by atoms with E-state index in [4.69, 9.17) is 4.74 Å².